The van der Waals surface area contributed by atoms with E-state index in [9.17, 15) is 8.42 Å². The Kier molecular flexibility index (Phi) is 8.11. The molecule has 2 rings (SSSR count). The number of aromatic nitrogens is 1. The minimum absolute atomic E-state index is 0.159. The lowest BCUT2D eigenvalue weighted by atomic mass is 10.1. The molecule has 1 saturated heterocycles. The van der Waals surface area contributed by atoms with Crippen molar-refractivity contribution in [1.82, 2.24) is 19.9 Å². The second-order valence-corrected chi connectivity index (χ2v) is 8.27. The first-order chi connectivity index (χ1) is 12.5. The highest BCUT2D eigenvalue weighted by Gasteiger charge is 2.26. The van der Waals surface area contributed by atoms with Gasteiger partial charge in [-0.1, -0.05) is 0 Å². The van der Waals surface area contributed by atoms with Crippen LogP contribution >= 0.6 is 0 Å². The van der Waals surface area contributed by atoms with Crippen molar-refractivity contribution in [2.75, 3.05) is 38.5 Å². The average molecular weight is 384 g/mol. The number of aliphatic imine (C=N–C) groups is 1. The second-order valence-electron chi connectivity index (χ2n) is 6.02. The molecule has 1 aliphatic rings. The molecule has 26 heavy (non-hydrogen) atoms. The summed E-state index contributed by atoms with van der Waals surface area (Å²) in [5.41, 5.74) is 0. The first kappa shape index (κ1) is 20.4. The monoisotopic (exact) mass is 383 g/mol. The van der Waals surface area contributed by atoms with E-state index >= 15 is 0 Å². The van der Waals surface area contributed by atoms with E-state index in [1.54, 1.807) is 23.6 Å². The number of sulfonamides is 1. The van der Waals surface area contributed by atoms with Crippen LogP contribution in [0.3, 0.4) is 0 Å². The Balaban J connectivity index is 1.78. The van der Waals surface area contributed by atoms with Crippen LogP contribution in [-0.4, -0.2) is 68.2 Å². The highest BCUT2D eigenvalue weighted by molar-refractivity contribution is 7.89. The molecule has 0 atom stereocenters. The van der Waals surface area contributed by atoms with Crippen LogP contribution in [0.15, 0.2) is 29.5 Å². The van der Waals surface area contributed by atoms with Crippen molar-refractivity contribution >= 4 is 16.0 Å². The SMILES string of the molecule is CCNC(=NCCOc1cccnc1)NC1CCN(S(=O)(=O)CC)CC1. The van der Waals surface area contributed by atoms with E-state index in [-0.39, 0.29) is 11.8 Å². The number of piperidine rings is 1. The normalized spacial score (nSPS) is 17.1. The van der Waals surface area contributed by atoms with Gasteiger partial charge < -0.3 is 15.4 Å². The molecule has 0 saturated carbocycles. The summed E-state index contributed by atoms with van der Waals surface area (Å²) < 4.78 is 31.0. The van der Waals surface area contributed by atoms with Crippen LogP contribution in [0.2, 0.25) is 0 Å². The van der Waals surface area contributed by atoms with Gasteiger partial charge in [0.2, 0.25) is 10.0 Å². The Hall–Kier alpha value is -1.87. The Morgan fingerprint density at radius 1 is 1.38 bits per heavy atom. The Morgan fingerprint density at radius 2 is 2.15 bits per heavy atom. The zero-order valence-electron chi connectivity index (χ0n) is 15.5. The Bertz CT molecular complexity index is 658. The number of hydrogen-bond acceptors (Lipinski definition) is 5. The maximum absolute atomic E-state index is 11.9. The summed E-state index contributed by atoms with van der Waals surface area (Å²) in [5, 5.41) is 6.62. The summed E-state index contributed by atoms with van der Waals surface area (Å²) in [5.74, 6) is 1.62. The van der Waals surface area contributed by atoms with Gasteiger partial charge in [-0.15, -0.1) is 0 Å². The second kappa shape index (κ2) is 10.3. The lowest BCUT2D eigenvalue weighted by Crippen LogP contribution is -2.50. The molecule has 1 aromatic rings. The molecule has 8 nitrogen and oxygen atoms in total. The average Bonchev–Trinajstić information content (AvgIpc) is 2.66. The standard InChI is InChI=1S/C17H29N5O3S/c1-3-19-17(20-10-13-25-16-6-5-9-18-14-16)21-15-7-11-22(12-8-15)26(23,24)4-2/h5-6,9,14-15H,3-4,7-8,10-13H2,1-2H3,(H2,19,20,21). The van der Waals surface area contributed by atoms with E-state index in [2.05, 4.69) is 20.6 Å². The third kappa shape index (κ3) is 6.45. The van der Waals surface area contributed by atoms with Crippen molar-refractivity contribution < 1.29 is 13.2 Å². The van der Waals surface area contributed by atoms with Crippen LogP contribution < -0.4 is 15.4 Å². The number of nitrogens with one attached hydrogen (secondary N) is 2. The number of nitrogens with zero attached hydrogens (tertiary/aromatic N) is 3. The number of hydrogen-bond donors (Lipinski definition) is 2. The van der Waals surface area contributed by atoms with Gasteiger partial charge in [-0.25, -0.2) is 17.7 Å². The van der Waals surface area contributed by atoms with E-state index < -0.39 is 10.0 Å². The van der Waals surface area contributed by atoms with Crippen LogP contribution in [0.5, 0.6) is 5.75 Å². The van der Waals surface area contributed by atoms with Crippen molar-refractivity contribution in [2.24, 2.45) is 4.99 Å². The van der Waals surface area contributed by atoms with Gasteiger partial charge in [-0.2, -0.15) is 0 Å². The summed E-state index contributed by atoms with van der Waals surface area (Å²) >= 11 is 0. The van der Waals surface area contributed by atoms with Gasteiger partial charge in [0.05, 0.1) is 18.5 Å². The molecule has 1 aliphatic heterocycles. The number of pyridine rings is 1. The van der Waals surface area contributed by atoms with Gasteiger partial charge in [0.15, 0.2) is 5.96 Å². The van der Waals surface area contributed by atoms with E-state index in [0.29, 0.717) is 26.2 Å². The molecular formula is C17H29N5O3S. The predicted molar refractivity (Wildman–Crippen MR) is 103 cm³/mol. The summed E-state index contributed by atoms with van der Waals surface area (Å²) in [6.45, 7) is 6.55. The van der Waals surface area contributed by atoms with E-state index in [1.165, 1.54) is 0 Å². The molecule has 0 unspecified atom stereocenters. The van der Waals surface area contributed by atoms with Crippen molar-refractivity contribution in [3.8, 4) is 5.75 Å². The zero-order chi connectivity index (χ0) is 18.8. The van der Waals surface area contributed by atoms with Crippen LogP contribution in [0.25, 0.3) is 0 Å². The van der Waals surface area contributed by atoms with Gasteiger partial charge in [-0.3, -0.25) is 4.98 Å². The van der Waals surface area contributed by atoms with Crippen molar-refractivity contribution in [3.05, 3.63) is 24.5 Å². The van der Waals surface area contributed by atoms with E-state index in [1.807, 2.05) is 19.1 Å². The topological polar surface area (TPSA) is 95.9 Å². The maximum Gasteiger partial charge on any atom is 0.213 e. The van der Waals surface area contributed by atoms with E-state index in [4.69, 9.17) is 4.74 Å². The highest BCUT2D eigenvalue weighted by atomic mass is 32.2. The largest absolute Gasteiger partial charge is 0.490 e. The summed E-state index contributed by atoms with van der Waals surface area (Å²) in [6.07, 6.45) is 4.92. The minimum Gasteiger partial charge on any atom is -0.490 e. The third-order valence-electron chi connectivity index (χ3n) is 4.16. The van der Waals surface area contributed by atoms with Gasteiger partial charge in [0.25, 0.3) is 0 Å². The maximum atomic E-state index is 11.9. The molecular weight excluding hydrogens is 354 g/mol. The smallest absolute Gasteiger partial charge is 0.213 e. The number of rotatable bonds is 8. The van der Waals surface area contributed by atoms with Crippen LogP contribution in [-0.2, 0) is 10.0 Å². The summed E-state index contributed by atoms with van der Waals surface area (Å²) in [6, 6.07) is 3.91. The number of ether oxygens (including phenoxy) is 1. The lowest BCUT2D eigenvalue weighted by molar-refractivity contribution is 0.305. The molecule has 1 aromatic heterocycles. The molecule has 0 spiro atoms. The van der Waals surface area contributed by atoms with Crippen molar-refractivity contribution in [1.29, 1.82) is 0 Å². The zero-order valence-corrected chi connectivity index (χ0v) is 16.3. The fourth-order valence-corrected chi connectivity index (χ4v) is 3.86. The molecule has 9 heteroatoms. The van der Waals surface area contributed by atoms with Crippen molar-refractivity contribution in [2.45, 2.75) is 32.7 Å². The van der Waals surface area contributed by atoms with Crippen LogP contribution in [0.1, 0.15) is 26.7 Å². The molecule has 0 aliphatic carbocycles. The van der Waals surface area contributed by atoms with Crippen LogP contribution in [0.4, 0.5) is 0 Å². The fourth-order valence-electron chi connectivity index (χ4n) is 2.73. The fraction of sp³-hybridized carbons (Fsp3) is 0.647. The molecule has 2 heterocycles. The van der Waals surface area contributed by atoms with Crippen molar-refractivity contribution in [3.63, 3.8) is 0 Å². The molecule has 146 valence electrons. The predicted octanol–water partition coefficient (Wildman–Crippen LogP) is 0.830. The van der Waals surface area contributed by atoms with E-state index in [0.717, 1.165) is 31.1 Å². The lowest BCUT2D eigenvalue weighted by Gasteiger charge is -2.32. The molecule has 0 radical (unpaired) electrons. The molecule has 1 fully saturated rings. The van der Waals surface area contributed by atoms with Gasteiger partial charge in [0.1, 0.15) is 12.4 Å². The molecule has 0 aromatic carbocycles. The first-order valence-electron chi connectivity index (χ1n) is 9.10. The molecule has 0 amide bonds. The highest BCUT2D eigenvalue weighted by Crippen LogP contribution is 2.14. The minimum atomic E-state index is -3.09. The van der Waals surface area contributed by atoms with Crippen LogP contribution in [0, 0.1) is 0 Å². The quantitative estimate of drug-likeness (QED) is 0.392. The Morgan fingerprint density at radius 3 is 2.77 bits per heavy atom. The summed E-state index contributed by atoms with van der Waals surface area (Å²) in [4.78, 5) is 8.53. The first-order valence-corrected chi connectivity index (χ1v) is 10.7. The molecule has 0 bridgehead atoms. The number of guanidine groups is 1. The third-order valence-corrected chi connectivity index (χ3v) is 6.04. The van der Waals surface area contributed by atoms with Gasteiger partial charge >= 0.3 is 0 Å². The van der Waals surface area contributed by atoms with Gasteiger partial charge in [-0.05, 0) is 38.8 Å². The van der Waals surface area contributed by atoms with Gasteiger partial charge in [0, 0.05) is 31.9 Å². The molecule has 2 N–H and O–H groups in total. The Labute approximate surface area is 156 Å². The summed E-state index contributed by atoms with van der Waals surface area (Å²) in [7, 11) is -3.09.